The summed E-state index contributed by atoms with van der Waals surface area (Å²) in [7, 11) is 1.62. The minimum atomic E-state index is -1.30. The quantitative estimate of drug-likeness (QED) is 0.583. The zero-order valence-corrected chi connectivity index (χ0v) is 16.3. The second kappa shape index (κ2) is 8.46. The summed E-state index contributed by atoms with van der Waals surface area (Å²) in [6.45, 7) is 3.59. The van der Waals surface area contributed by atoms with E-state index in [1.807, 2.05) is 6.92 Å². The van der Waals surface area contributed by atoms with Gasteiger partial charge in [-0.1, -0.05) is 56.4 Å². The van der Waals surface area contributed by atoms with Crippen LogP contribution in [0.2, 0.25) is 0 Å². The summed E-state index contributed by atoms with van der Waals surface area (Å²) in [5.74, 6) is -2.18. The number of amides is 2. The maximum absolute atomic E-state index is 12.3. The topological polar surface area (TPSA) is 89.5 Å². The molecule has 2 atom stereocenters. The Balaban J connectivity index is 2.12. The summed E-state index contributed by atoms with van der Waals surface area (Å²) in [6.07, 6.45) is 2.31. The van der Waals surface area contributed by atoms with Crippen LogP contribution < -0.4 is 10.4 Å². The number of carboxylic acids is 1. The van der Waals surface area contributed by atoms with Gasteiger partial charge in [-0.2, -0.15) is 0 Å². The van der Waals surface area contributed by atoms with Crippen LogP contribution in [0.4, 0.5) is 0 Å². The molecule has 26 heavy (non-hydrogen) atoms. The van der Waals surface area contributed by atoms with Crippen molar-refractivity contribution in [3.8, 4) is 0 Å². The van der Waals surface area contributed by atoms with Gasteiger partial charge in [0.1, 0.15) is 4.32 Å². The van der Waals surface area contributed by atoms with Gasteiger partial charge < -0.3 is 15.2 Å². The molecular weight excluding hydrogens is 372 g/mol. The van der Waals surface area contributed by atoms with E-state index in [1.165, 1.54) is 16.7 Å². The summed E-state index contributed by atoms with van der Waals surface area (Å²) in [5, 5.41) is 13.7. The van der Waals surface area contributed by atoms with Crippen LogP contribution in [-0.4, -0.2) is 40.1 Å². The van der Waals surface area contributed by atoms with E-state index in [1.54, 1.807) is 44.3 Å². The first-order valence-electron chi connectivity index (χ1n) is 8.08. The fourth-order valence-corrected chi connectivity index (χ4v) is 3.50. The highest BCUT2D eigenvalue weighted by molar-refractivity contribution is 8.26. The predicted octanol–water partition coefficient (Wildman–Crippen LogP) is 1.41. The number of rotatable bonds is 6. The first-order valence-corrected chi connectivity index (χ1v) is 9.30. The predicted molar refractivity (Wildman–Crippen MR) is 103 cm³/mol. The van der Waals surface area contributed by atoms with Crippen LogP contribution in [0.15, 0.2) is 29.2 Å². The van der Waals surface area contributed by atoms with Gasteiger partial charge in [-0.15, -0.1) is 0 Å². The van der Waals surface area contributed by atoms with Crippen molar-refractivity contribution >= 4 is 52.2 Å². The normalized spacial score (nSPS) is 18.1. The molecule has 1 aromatic rings. The molecule has 1 aliphatic heterocycles. The van der Waals surface area contributed by atoms with Gasteiger partial charge in [0, 0.05) is 12.6 Å². The van der Waals surface area contributed by atoms with Gasteiger partial charge in [-0.05, 0) is 29.7 Å². The molecule has 0 spiro atoms. The molecule has 1 aromatic carbocycles. The summed E-state index contributed by atoms with van der Waals surface area (Å²) in [4.78, 5) is 37.4. The number of thiocarbonyl (C=S) groups is 1. The van der Waals surface area contributed by atoms with Crippen LogP contribution in [0.1, 0.15) is 36.2 Å². The van der Waals surface area contributed by atoms with Crippen molar-refractivity contribution in [3.05, 3.63) is 40.3 Å². The van der Waals surface area contributed by atoms with Crippen LogP contribution in [0.25, 0.3) is 6.08 Å². The Morgan fingerprint density at radius 1 is 1.35 bits per heavy atom. The van der Waals surface area contributed by atoms with E-state index < -0.39 is 17.9 Å². The number of hydrogen-bond donors (Lipinski definition) is 1. The van der Waals surface area contributed by atoms with E-state index in [-0.39, 0.29) is 11.8 Å². The van der Waals surface area contributed by atoms with Crippen molar-refractivity contribution < 1.29 is 19.5 Å². The molecule has 1 saturated heterocycles. The third-order valence-corrected chi connectivity index (χ3v) is 5.70. The number of nitrogens with zero attached hydrogens (tertiary/aromatic N) is 1. The molecule has 0 saturated carbocycles. The lowest BCUT2D eigenvalue weighted by Crippen LogP contribution is -2.51. The van der Waals surface area contributed by atoms with E-state index in [0.29, 0.717) is 21.2 Å². The Hall–Kier alpha value is -2.19. The SMILES string of the molecule is CC[C@@H](C)[C@H](NC(=O)c1ccc(/C=C2/SC(=S)N(C)C2=O)cc1)C(=O)[O-]. The van der Waals surface area contributed by atoms with E-state index >= 15 is 0 Å². The molecule has 8 heteroatoms. The van der Waals surface area contributed by atoms with Crippen LogP contribution in [0.5, 0.6) is 0 Å². The molecule has 0 unspecified atom stereocenters. The Morgan fingerprint density at radius 3 is 2.42 bits per heavy atom. The van der Waals surface area contributed by atoms with Crippen LogP contribution in [0, 0.1) is 5.92 Å². The number of nitrogens with one attached hydrogen (secondary N) is 1. The average molecular weight is 391 g/mol. The highest BCUT2D eigenvalue weighted by Crippen LogP contribution is 2.31. The molecule has 1 fully saturated rings. The summed E-state index contributed by atoms with van der Waals surface area (Å²) in [6, 6.07) is 5.49. The fraction of sp³-hybridized carbons (Fsp3) is 0.333. The van der Waals surface area contributed by atoms with Gasteiger partial charge >= 0.3 is 0 Å². The van der Waals surface area contributed by atoms with Crippen LogP contribution in [-0.2, 0) is 9.59 Å². The van der Waals surface area contributed by atoms with Crippen molar-refractivity contribution in [3.63, 3.8) is 0 Å². The largest absolute Gasteiger partial charge is 0.548 e. The molecule has 2 rings (SSSR count). The number of hydrogen-bond acceptors (Lipinski definition) is 6. The minimum absolute atomic E-state index is 0.160. The third kappa shape index (κ3) is 4.50. The number of likely N-dealkylation sites (N-methyl/N-ethyl adjacent to an activating group) is 1. The van der Waals surface area contributed by atoms with Gasteiger partial charge in [0.2, 0.25) is 0 Å². The number of benzene rings is 1. The highest BCUT2D eigenvalue weighted by Gasteiger charge is 2.28. The lowest BCUT2D eigenvalue weighted by Gasteiger charge is -2.25. The molecule has 0 radical (unpaired) electrons. The van der Waals surface area contributed by atoms with Gasteiger partial charge in [-0.25, -0.2) is 0 Å². The van der Waals surface area contributed by atoms with Crippen LogP contribution >= 0.6 is 24.0 Å². The van der Waals surface area contributed by atoms with E-state index in [2.05, 4.69) is 5.32 Å². The first-order chi connectivity index (χ1) is 12.2. The Bertz CT molecular complexity index is 774. The summed E-state index contributed by atoms with van der Waals surface area (Å²) in [5.41, 5.74) is 1.08. The Morgan fingerprint density at radius 2 is 1.96 bits per heavy atom. The van der Waals surface area contributed by atoms with Crippen LogP contribution in [0.3, 0.4) is 0 Å². The Labute approximate surface area is 161 Å². The van der Waals surface area contributed by atoms with Crippen molar-refractivity contribution in [1.29, 1.82) is 0 Å². The van der Waals surface area contributed by atoms with Gasteiger partial charge in [0.25, 0.3) is 11.8 Å². The Kier molecular flexibility index (Phi) is 6.55. The van der Waals surface area contributed by atoms with Crippen molar-refractivity contribution in [2.45, 2.75) is 26.3 Å². The highest BCUT2D eigenvalue weighted by atomic mass is 32.2. The molecular formula is C18H19N2O4S2-. The number of aliphatic carboxylic acids is 1. The zero-order valence-electron chi connectivity index (χ0n) is 14.6. The molecule has 1 heterocycles. The third-order valence-electron chi connectivity index (χ3n) is 4.21. The zero-order chi connectivity index (χ0) is 19.4. The standard InChI is InChI=1S/C18H20N2O4S2/c1-4-10(2)14(17(23)24)19-15(21)12-7-5-11(6-8-12)9-13-16(22)20(3)18(25)26-13/h5-10,14H,4H2,1-3H3,(H,19,21)(H,23,24)/p-1/b13-9+/t10-,14+/m1/s1. The van der Waals surface area contributed by atoms with Crippen molar-refractivity contribution in [2.75, 3.05) is 7.05 Å². The molecule has 2 amide bonds. The average Bonchev–Trinajstić information content (AvgIpc) is 2.86. The molecule has 0 aliphatic carbocycles. The number of thioether (sulfide) groups is 1. The first kappa shape index (κ1) is 20.1. The maximum Gasteiger partial charge on any atom is 0.265 e. The maximum atomic E-state index is 12.3. The van der Waals surface area contributed by atoms with E-state index in [0.717, 1.165) is 5.56 Å². The number of carbonyl (C=O) groups excluding carboxylic acids is 3. The lowest BCUT2D eigenvalue weighted by atomic mass is 9.99. The molecule has 1 N–H and O–H groups in total. The smallest absolute Gasteiger partial charge is 0.265 e. The van der Waals surface area contributed by atoms with Gasteiger partial charge in [0.15, 0.2) is 0 Å². The van der Waals surface area contributed by atoms with Crippen molar-refractivity contribution in [1.82, 2.24) is 10.2 Å². The van der Waals surface area contributed by atoms with E-state index in [9.17, 15) is 19.5 Å². The second-order valence-electron chi connectivity index (χ2n) is 6.02. The van der Waals surface area contributed by atoms with E-state index in [4.69, 9.17) is 12.2 Å². The molecule has 0 bridgehead atoms. The lowest BCUT2D eigenvalue weighted by molar-refractivity contribution is -0.309. The monoisotopic (exact) mass is 391 g/mol. The minimum Gasteiger partial charge on any atom is -0.548 e. The van der Waals surface area contributed by atoms with Gasteiger partial charge in [0.05, 0.1) is 16.9 Å². The van der Waals surface area contributed by atoms with Crippen molar-refractivity contribution in [2.24, 2.45) is 5.92 Å². The number of carboxylic acid groups (broad SMARTS) is 1. The molecule has 1 aliphatic rings. The molecule has 138 valence electrons. The molecule has 0 aromatic heterocycles. The molecule has 6 nitrogen and oxygen atoms in total. The number of carbonyl (C=O) groups is 3. The fourth-order valence-electron chi connectivity index (χ4n) is 2.32. The van der Waals surface area contributed by atoms with Gasteiger partial charge in [-0.3, -0.25) is 14.5 Å². The summed E-state index contributed by atoms with van der Waals surface area (Å²) >= 11 is 6.30. The summed E-state index contributed by atoms with van der Waals surface area (Å²) < 4.78 is 0.496. The second-order valence-corrected chi connectivity index (χ2v) is 7.69.